The quantitative estimate of drug-likeness (QED) is 0.640. The number of amides is 1. The van der Waals surface area contributed by atoms with Gasteiger partial charge in [0.1, 0.15) is 17.1 Å². The van der Waals surface area contributed by atoms with Gasteiger partial charge in [0, 0.05) is 54.6 Å². The Labute approximate surface area is 200 Å². The first-order chi connectivity index (χ1) is 16.3. The molecule has 0 radical (unpaired) electrons. The average molecular weight is 461 g/mol. The summed E-state index contributed by atoms with van der Waals surface area (Å²) < 4.78 is 14.5. The highest BCUT2D eigenvalue weighted by Crippen LogP contribution is 2.45. The molecule has 2 heterocycles. The van der Waals surface area contributed by atoms with Gasteiger partial charge in [-0.1, -0.05) is 5.92 Å². The van der Waals surface area contributed by atoms with Crippen LogP contribution in [0.5, 0.6) is 0 Å². The first kappa shape index (κ1) is 23.7. The fourth-order valence-corrected chi connectivity index (χ4v) is 4.44. The lowest BCUT2D eigenvalue weighted by Crippen LogP contribution is -2.32. The summed E-state index contributed by atoms with van der Waals surface area (Å²) in [6.07, 6.45) is 9.45. The maximum Gasteiger partial charge on any atom is 0.240 e. The third kappa shape index (κ3) is 4.73. The molecule has 1 saturated heterocycles. The SMILES string of the molecule is C#Cc1cc(-c2ncc(CNC(=O)C3(C#N)CC3)c(N3CCC(CN(C)C)C3)n2)cc(F)c1C. The van der Waals surface area contributed by atoms with Crippen molar-refractivity contribution < 1.29 is 9.18 Å². The monoisotopic (exact) mass is 460 g/mol. The molecule has 0 bridgehead atoms. The van der Waals surface area contributed by atoms with E-state index in [4.69, 9.17) is 11.4 Å². The molecule has 1 unspecified atom stereocenters. The number of rotatable bonds is 7. The van der Waals surface area contributed by atoms with Crippen LogP contribution in [0.1, 0.15) is 36.0 Å². The number of halogens is 1. The van der Waals surface area contributed by atoms with Crippen LogP contribution in [0.3, 0.4) is 0 Å². The lowest BCUT2D eigenvalue weighted by atomic mass is 10.0. The van der Waals surface area contributed by atoms with E-state index in [9.17, 15) is 14.4 Å². The number of carbonyl (C=O) groups is 1. The number of benzene rings is 1. The number of hydrogen-bond acceptors (Lipinski definition) is 6. The number of nitrogens with one attached hydrogen (secondary N) is 1. The van der Waals surface area contributed by atoms with Crippen LogP contribution in [0.4, 0.5) is 10.2 Å². The van der Waals surface area contributed by atoms with Gasteiger partial charge in [-0.2, -0.15) is 5.26 Å². The van der Waals surface area contributed by atoms with Crippen molar-refractivity contribution >= 4 is 11.7 Å². The summed E-state index contributed by atoms with van der Waals surface area (Å²) in [5.74, 6) is 3.47. The van der Waals surface area contributed by atoms with Crippen molar-refractivity contribution in [1.82, 2.24) is 20.2 Å². The van der Waals surface area contributed by atoms with Crippen LogP contribution in [0.25, 0.3) is 11.4 Å². The van der Waals surface area contributed by atoms with Gasteiger partial charge in [-0.25, -0.2) is 14.4 Å². The minimum atomic E-state index is -0.892. The van der Waals surface area contributed by atoms with Crippen LogP contribution in [-0.4, -0.2) is 54.5 Å². The zero-order chi connectivity index (χ0) is 24.5. The zero-order valence-electron chi connectivity index (χ0n) is 19.9. The smallest absolute Gasteiger partial charge is 0.240 e. The number of anilines is 1. The first-order valence-corrected chi connectivity index (χ1v) is 11.5. The van der Waals surface area contributed by atoms with Gasteiger partial charge in [0.05, 0.1) is 6.07 Å². The highest BCUT2D eigenvalue weighted by Gasteiger charge is 2.50. The molecule has 1 saturated carbocycles. The first-order valence-electron chi connectivity index (χ1n) is 11.5. The van der Waals surface area contributed by atoms with Crippen LogP contribution >= 0.6 is 0 Å². The predicted molar refractivity (Wildman–Crippen MR) is 128 cm³/mol. The number of carbonyl (C=O) groups excluding carboxylic acids is 1. The van der Waals surface area contributed by atoms with E-state index in [0.717, 1.165) is 37.4 Å². The van der Waals surface area contributed by atoms with E-state index in [1.165, 1.54) is 6.07 Å². The largest absolute Gasteiger partial charge is 0.356 e. The molecular weight excluding hydrogens is 431 g/mol. The van der Waals surface area contributed by atoms with Crippen molar-refractivity contribution in [3.63, 3.8) is 0 Å². The fraction of sp³-hybridized carbons (Fsp3) is 0.462. The molecule has 176 valence electrons. The third-order valence-electron chi connectivity index (χ3n) is 6.65. The van der Waals surface area contributed by atoms with Gasteiger partial charge in [-0.15, -0.1) is 6.42 Å². The molecule has 1 N–H and O–H groups in total. The van der Waals surface area contributed by atoms with Crippen LogP contribution in [0.2, 0.25) is 0 Å². The lowest BCUT2D eigenvalue weighted by molar-refractivity contribution is -0.124. The van der Waals surface area contributed by atoms with E-state index in [1.807, 2.05) is 0 Å². The van der Waals surface area contributed by atoms with Crippen molar-refractivity contribution in [3.05, 3.63) is 40.8 Å². The molecular formula is C26H29FN6O. The van der Waals surface area contributed by atoms with Crippen molar-refractivity contribution in [2.45, 2.75) is 32.7 Å². The maximum atomic E-state index is 14.5. The Morgan fingerprint density at radius 1 is 1.41 bits per heavy atom. The van der Waals surface area contributed by atoms with Gasteiger partial charge >= 0.3 is 0 Å². The molecule has 2 fully saturated rings. The fourth-order valence-electron chi connectivity index (χ4n) is 4.44. The Hall–Kier alpha value is -3.49. The number of nitrogens with zero attached hydrogens (tertiary/aromatic N) is 5. The van der Waals surface area contributed by atoms with Gasteiger partial charge in [0.15, 0.2) is 5.82 Å². The van der Waals surface area contributed by atoms with E-state index in [1.54, 1.807) is 19.2 Å². The summed E-state index contributed by atoms with van der Waals surface area (Å²) in [6.45, 7) is 4.51. The molecule has 1 atom stereocenters. The molecule has 34 heavy (non-hydrogen) atoms. The lowest BCUT2D eigenvalue weighted by Gasteiger charge is -2.23. The minimum Gasteiger partial charge on any atom is -0.356 e. The van der Waals surface area contributed by atoms with Gasteiger partial charge < -0.3 is 15.1 Å². The second kappa shape index (κ2) is 9.40. The average Bonchev–Trinajstić information content (AvgIpc) is 3.50. The Kier molecular flexibility index (Phi) is 6.54. The summed E-state index contributed by atoms with van der Waals surface area (Å²) in [5, 5.41) is 12.2. The maximum absolute atomic E-state index is 14.5. The summed E-state index contributed by atoms with van der Waals surface area (Å²) in [6, 6.07) is 5.25. The Balaban J connectivity index is 1.65. The Morgan fingerprint density at radius 2 is 2.18 bits per heavy atom. The van der Waals surface area contributed by atoms with Crippen molar-refractivity contribution in [1.29, 1.82) is 5.26 Å². The van der Waals surface area contributed by atoms with Crippen molar-refractivity contribution in [2.75, 3.05) is 38.6 Å². The van der Waals surface area contributed by atoms with Crippen LogP contribution in [0.15, 0.2) is 18.3 Å². The van der Waals surface area contributed by atoms with Gasteiger partial charge in [-0.3, -0.25) is 4.79 Å². The molecule has 1 aromatic carbocycles. The standard InChI is InChI=1S/C26H29FN6O/c1-5-19-10-20(11-22(27)17(19)2)23-29-12-21(13-30-25(34)26(16-28)7-8-26)24(31-23)33-9-6-18(15-33)14-32(3)4/h1,10-12,18H,6-9,13-15H2,2-4H3,(H,30,34). The van der Waals surface area contributed by atoms with Crippen LogP contribution in [-0.2, 0) is 11.3 Å². The molecule has 0 spiro atoms. The normalized spacial score (nSPS) is 18.4. The molecule has 4 rings (SSSR count). The molecule has 8 heteroatoms. The Morgan fingerprint density at radius 3 is 2.82 bits per heavy atom. The topological polar surface area (TPSA) is 85.1 Å². The number of hydrogen-bond donors (Lipinski definition) is 1. The summed E-state index contributed by atoms with van der Waals surface area (Å²) in [4.78, 5) is 26.2. The Bertz CT molecular complexity index is 1190. The zero-order valence-corrected chi connectivity index (χ0v) is 19.9. The summed E-state index contributed by atoms with van der Waals surface area (Å²) in [7, 11) is 4.12. The molecule has 2 aliphatic rings. The summed E-state index contributed by atoms with van der Waals surface area (Å²) in [5.41, 5.74) is 1.27. The number of nitriles is 1. The molecule has 1 aromatic heterocycles. The molecule has 2 aromatic rings. The van der Waals surface area contributed by atoms with E-state index >= 15 is 0 Å². The molecule has 1 aliphatic carbocycles. The van der Waals surface area contributed by atoms with E-state index < -0.39 is 11.2 Å². The van der Waals surface area contributed by atoms with Gasteiger partial charge in [0.25, 0.3) is 0 Å². The van der Waals surface area contributed by atoms with Gasteiger partial charge in [-0.05, 0) is 58.3 Å². The van der Waals surface area contributed by atoms with Crippen LogP contribution in [0, 0.1) is 47.7 Å². The second-order valence-electron chi connectivity index (χ2n) is 9.56. The highest BCUT2D eigenvalue weighted by molar-refractivity contribution is 5.88. The molecule has 7 nitrogen and oxygen atoms in total. The van der Waals surface area contributed by atoms with E-state index in [2.05, 4.69) is 46.2 Å². The summed E-state index contributed by atoms with van der Waals surface area (Å²) >= 11 is 0. The third-order valence-corrected chi connectivity index (χ3v) is 6.65. The highest BCUT2D eigenvalue weighted by atomic mass is 19.1. The number of aromatic nitrogens is 2. The van der Waals surface area contributed by atoms with Crippen LogP contribution < -0.4 is 10.2 Å². The van der Waals surface area contributed by atoms with E-state index in [-0.39, 0.29) is 12.5 Å². The van der Waals surface area contributed by atoms with Crippen molar-refractivity contribution in [2.24, 2.45) is 11.3 Å². The predicted octanol–water partition coefficient (Wildman–Crippen LogP) is 2.88. The second-order valence-corrected chi connectivity index (χ2v) is 9.56. The molecule has 1 amide bonds. The molecule has 1 aliphatic heterocycles. The van der Waals surface area contributed by atoms with Gasteiger partial charge in [0.2, 0.25) is 5.91 Å². The van der Waals surface area contributed by atoms with Crippen molar-refractivity contribution in [3.8, 4) is 29.8 Å². The number of terminal acetylenes is 1. The minimum absolute atomic E-state index is 0.227. The van der Waals surface area contributed by atoms with E-state index in [0.29, 0.717) is 41.3 Å².